The molecule has 0 aliphatic heterocycles. The molecule has 0 N–H and O–H groups in total. The maximum absolute atomic E-state index is 4.17. The van der Waals surface area contributed by atoms with Gasteiger partial charge in [-0.15, -0.1) is 0 Å². The predicted molar refractivity (Wildman–Crippen MR) is 303 cm³/mol. The van der Waals surface area contributed by atoms with E-state index in [9.17, 15) is 0 Å². The molecule has 378 valence electrons. The Bertz CT molecular complexity index is 2350. The number of aromatic nitrogens is 9. The number of pyridine rings is 9. The SMILES string of the molecule is Cc1ccc(C)nc1.Cc1ccc(C)nc1.Cc1cccc(C)n1.Cc1cccnc1C.Cc1ccnc(C)c1.Cc1ccnc(C)c1.Cc1ccncc1C.Cc1ccncc1C.Cc1cncc(C)c1. The minimum Gasteiger partial charge on any atom is -0.264 e. The molecule has 0 unspecified atom stereocenters. The summed E-state index contributed by atoms with van der Waals surface area (Å²) in [5.41, 5.74) is 21.5. The monoisotopic (exact) mass is 964 g/mol. The Labute approximate surface area is 433 Å². The van der Waals surface area contributed by atoms with Crippen molar-refractivity contribution in [1.29, 1.82) is 0 Å². The van der Waals surface area contributed by atoms with E-state index in [0.29, 0.717) is 0 Å². The molecule has 0 saturated heterocycles. The molecule has 0 radical (unpaired) electrons. The van der Waals surface area contributed by atoms with E-state index in [4.69, 9.17) is 0 Å². The van der Waals surface area contributed by atoms with Gasteiger partial charge < -0.3 is 0 Å². The smallest absolute Gasteiger partial charge is 0.0401 e. The van der Waals surface area contributed by atoms with E-state index in [0.717, 1.165) is 39.9 Å². The molecule has 0 atom stereocenters. The predicted octanol–water partition coefficient (Wildman–Crippen LogP) is 15.3. The second-order valence-electron chi connectivity index (χ2n) is 17.7. The largest absolute Gasteiger partial charge is 0.264 e. The first kappa shape index (κ1) is 62.4. The lowest BCUT2D eigenvalue weighted by Gasteiger charge is -1.92. The Morgan fingerprint density at radius 1 is 0.236 bits per heavy atom. The summed E-state index contributed by atoms with van der Waals surface area (Å²) >= 11 is 0. The third-order valence-electron chi connectivity index (χ3n) is 10.1. The molecule has 9 nitrogen and oxygen atoms in total. The van der Waals surface area contributed by atoms with Gasteiger partial charge in [-0.05, 0) is 253 Å². The Kier molecular flexibility index (Phi) is 31.5. The molecule has 0 spiro atoms. The highest BCUT2D eigenvalue weighted by Gasteiger charge is 1.89. The van der Waals surface area contributed by atoms with Crippen molar-refractivity contribution in [2.45, 2.75) is 125 Å². The fourth-order valence-electron chi connectivity index (χ4n) is 5.49. The highest BCUT2D eigenvalue weighted by molar-refractivity contribution is 5.20. The first-order valence-electron chi connectivity index (χ1n) is 24.1. The Hall–Kier alpha value is -7.65. The zero-order valence-corrected chi connectivity index (χ0v) is 46.6. The van der Waals surface area contributed by atoms with Crippen molar-refractivity contribution < 1.29 is 0 Å². The topological polar surface area (TPSA) is 116 Å². The molecule has 72 heavy (non-hydrogen) atoms. The van der Waals surface area contributed by atoms with Crippen molar-refractivity contribution in [2.75, 3.05) is 0 Å². The molecule has 0 bridgehead atoms. The van der Waals surface area contributed by atoms with Gasteiger partial charge in [0.15, 0.2) is 0 Å². The van der Waals surface area contributed by atoms with Crippen LogP contribution >= 0.6 is 0 Å². The van der Waals surface area contributed by atoms with Gasteiger partial charge in [-0.2, -0.15) is 0 Å². The van der Waals surface area contributed by atoms with Crippen molar-refractivity contribution >= 4 is 0 Å². The lowest BCUT2D eigenvalue weighted by atomic mass is 10.2. The molecule has 9 aromatic heterocycles. The maximum atomic E-state index is 4.17. The average Bonchev–Trinajstić information content (AvgIpc) is 3.33. The van der Waals surface area contributed by atoms with Crippen LogP contribution in [0.15, 0.2) is 165 Å². The summed E-state index contributed by atoms with van der Waals surface area (Å²) in [6.45, 7) is 36.6. The van der Waals surface area contributed by atoms with E-state index >= 15 is 0 Å². The van der Waals surface area contributed by atoms with Crippen LogP contribution in [0.1, 0.15) is 101 Å². The molecule has 9 rings (SSSR count). The molecule has 9 heteroatoms. The van der Waals surface area contributed by atoms with Crippen LogP contribution in [0.3, 0.4) is 0 Å². The van der Waals surface area contributed by atoms with Gasteiger partial charge in [0.2, 0.25) is 0 Å². The van der Waals surface area contributed by atoms with Crippen LogP contribution < -0.4 is 0 Å². The van der Waals surface area contributed by atoms with Crippen molar-refractivity contribution in [3.63, 3.8) is 0 Å². The zero-order valence-electron chi connectivity index (χ0n) is 46.6. The summed E-state index contributed by atoms with van der Waals surface area (Å²) < 4.78 is 0. The molecule has 0 aromatic carbocycles. The van der Waals surface area contributed by atoms with Gasteiger partial charge in [-0.3, -0.25) is 44.9 Å². The van der Waals surface area contributed by atoms with Gasteiger partial charge in [-0.25, -0.2) is 0 Å². The van der Waals surface area contributed by atoms with E-state index in [1.165, 1.54) is 61.2 Å². The molecule has 9 heterocycles. The van der Waals surface area contributed by atoms with Crippen LogP contribution in [-0.2, 0) is 0 Å². The fraction of sp³-hybridized carbons (Fsp3) is 0.286. The quantitative estimate of drug-likeness (QED) is 0.146. The van der Waals surface area contributed by atoms with E-state index in [-0.39, 0.29) is 0 Å². The second-order valence-corrected chi connectivity index (χ2v) is 17.7. The van der Waals surface area contributed by atoms with Gasteiger partial charge in [0, 0.05) is 108 Å². The Morgan fingerprint density at radius 3 is 0.903 bits per heavy atom. The number of rotatable bonds is 0. The van der Waals surface area contributed by atoms with E-state index < -0.39 is 0 Å². The standard InChI is InChI=1S/9C7H9N/c1-6-3-7(2)5-8-4-6;2*1-6-3-4-8-5-7(6)2;2*1-6-3-4-8-7(2)5-6;2*1-6-3-4-7(2)8-5-6;1-6-4-3-5-8-7(6)2;1-6-4-3-5-7(2)8-6/h9*3-5H,1-2H3. The van der Waals surface area contributed by atoms with Crippen LogP contribution in [0.5, 0.6) is 0 Å². The summed E-state index contributed by atoms with van der Waals surface area (Å²) in [4.78, 5) is 36.4. The lowest BCUT2D eigenvalue weighted by Crippen LogP contribution is -1.81. The summed E-state index contributed by atoms with van der Waals surface area (Å²) in [6, 6.07) is 32.4. The van der Waals surface area contributed by atoms with Gasteiger partial charge in [0.1, 0.15) is 0 Å². The van der Waals surface area contributed by atoms with Gasteiger partial charge in [0.05, 0.1) is 0 Å². The summed E-state index contributed by atoms with van der Waals surface area (Å²) in [5, 5.41) is 0. The van der Waals surface area contributed by atoms with Crippen molar-refractivity contribution in [2.24, 2.45) is 0 Å². The number of hydrogen-bond acceptors (Lipinski definition) is 9. The van der Waals surface area contributed by atoms with E-state index in [1.54, 1.807) is 0 Å². The third-order valence-corrected chi connectivity index (χ3v) is 10.1. The molecule has 0 aliphatic rings. The number of aryl methyl sites for hydroxylation is 18. The highest BCUT2D eigenvalue weighted by Crippen LogP contribution is 2.03. The molecule has 0 saturated carbocycles. The summed E-state index contributed by atoms with van der Waals surface area (Å²) in [5.74, 6) is 0. The normalized spacial score (nSPS) is 9.25. The fourth-order valence-corrected chi connectivity index (χ4v) is 5.49. The summed E-state index contributed by atoms with van der Waals surface area (Å²) in [7, 11) is 0. The van der Waals surface area contributed by atoms with Crippen LogP contribution in [0, 0.1) is 125 Å². The van der Waals surface area contributed by atoms with E-state index in [1.807, 2.05) is 205 Å². The number of nitrogens with zero attached hydrogens (tertiary/aromatic N) is 9. The maximum Gasteiger partial charge on any atom is 0.0401 e. The number of hydrogen-bond donors (Lipinski definition) is 0. The molecule has 0 aliphatic carbocycles. The average molecular weight is 964 g/mol. The Morgan fingerprint density at radius 2 is 0.681 bits per heavy atom. The van der Waals surface area contributed by atoms with Crippen molar-refractivity contribution in [3.05, 3.63) is 266 Å². The van der Waals surface area contributed by atoms with E-state index in [2.05, 4.69) is 130 Å². The minimum atomic E-state index is 1.08. The van der Waals surface area contributed by atoms with Gasteiger partial charge in [-0.1, -0.05) is 30.3 Å². The van der Waals surface area contributed by atoms with Crippen LogP contribution in [-0.4, -0.2) is 44.9 Å². The third kappa shape index (κ3) is 32.2. The molecule has 0 fully saturated rings. The zero-order chi connectivity index (χ0) is 53.8. The minimum absolute atomic E-state index is 1.08. The first-order chi connectivity index (χ1) is 34.1. The molecule has 0 amide bonds. The summed E-state index contributed by atoms with van der Waals surface area (Å²) in [6.07, 6.45) is 20.3. The van der Waals surface area contributed by atoms with Gasteiger partial charge >= 0.3 is 0 Å². The van der Waals surface area contributed by atoms with Crippen LogP contribution in [0.25, 0.3) is 0 Å². The van der Waals surface area contributed by atoms with Crippen LogP contribution in [0.2, 0.25) is 0 Å². The second kappa shape index (κ2) is 36.3. The molecular weight excluding hydrogens is 883 g/mol. The van der Waals surface area contributed by atoms with Crippen molar-refractivity contribution in [1.82, 2.24) is 44.9 Å². The van der Waals surface area contributed by atoms with Crippen LogP contribution in [0.4, 0.5) is 0 Å². The van der Waals surface area contributed by atoms with Gasteiger partial charge in [0.25, 0.3) is 0 Å². The first-order valence-corrected chi connectivity index (χ1v) is 24.1. The highest BCUT2D eigenvalue weighted by atomic mass is 14.7. The lowest BCUT2D eigenvalue weighted by molar-refractivity contribution is 1.12. The molecular formula is C63H81N9. The van der Waals surface area contributed by atoms with Crippen molar-refractivity contribution in [3.8, 4) is 0 Å². The molecule has 9 aromatic rings. The Balaban J connectivity index is 0.000000405.